The number of carboxylic acid groups (broad SMARTS) is 1. The first-order valence-corrected chi connectivity index (χ1v) is 8.22. The lowest BCUT2D eigenvalue weighted by molar-refractivity contribution is -0.144. The maximum absolute atomic E-state index is 11.4. The first kappa shape index (κ1) is 17.4. The van der Waals surface area contributed by atoms with Crippen molar-refractivity contribution in [2.75, 3.05) is 26.2 Å². The van der Waals surface area contributed by atoms with Gasteiger partial charge < -0.3 is 15.3 Å². The summed E-state index contributed by atoms with van der Waals surface area (Å²) in [5.74, 6) is 0.159. The number of hydrogen-bond donors (Lipinski definition) is 2. The predicted molar refractivity (Wildman–Crippen MR) is 83.0 cm³/mol. The van der Waals surface area contributed by atoms with Crippen LogP contribution in [-0.4, -0.2) is 47.7 Å². The summed E-state index contributed by atoms with van der Waals surface area (Å²) in [5.41, 5.74) is -0.772. The second-order valence-corrected chi connectivity index (χ2v) is 6.36. The van der Waals surface area contributed by atoms with E-state index in [4.69, 9.17) is 0 Å². The Hall–Kier alpha value is -0.610. The van der Waals surface area contributed by atoms with E-state index in [1.165, 1.54) is 25.8 Å². The van der Waals surface area contributed by atoms with Crippen LogP contribution < -0.4 is 5.32 Å². The van der Waals surface area contributed by atoms with E-state index in [0.717, 1.165) is 38.4 Å². The first-order valence-electron chi connectivity index (χ1n) is 8.22. The molecule has 0 saturated heterocycles. The molecule has 118 valence electrons. The molecule has 1 atom stereocenters. The molecular formula is C16H32N2O2. The van der Waals surface area contributed by atoms with Gasteiger partial charge in [-0.05, 0) is 64.6 Å². The SMILES string of the molecule is CCCNC(C)(CCCN(CC)CC1CCC1)C(=O)O. The van der Waals surface area contributed by atoms with Gasteiger partial charge in [-0.3, -0.25) is 4.79 Å². The third-order valence-corrected chi connectivity index (χ3v) is 4.58. The molecule has 1 aliphatic rings. The van der Waals surface area contributed by atoms with Crippen LogP contribution in [0.3, 0.4) is 0 Å². The molecule has 0 bridgehead atoms. The third-order valence-electron chi connectivity index (χ3n) is 4.58. The number of nitrogens with zero attached hydrogens (tertiary/aromatic N) is 1. The smallest absolute Gasteiger partial charge is 0.323 e. The molecule has 4 heteroatoms. The Balaban J connectivity index is 2.31. The van der Waals surface area contributed by atoms with E-state index in [-0.39, 0.29) is 0 Å². The fraction of sp³-hybridized carbons (Fsp3) is 0.938. The number of rotatable bonds is 11. The molecule has 0 radical (unpaired) electrons. The number of carboxylic acids is 1. The Morgan fingerprint density at radius 1 is 1.40 bits per heavy atom. The summed E-state index contributed by atoms with van der Waals surface area (Å²) in [4.78, 5) is 13.9. The summed E-state index contributed by atoms with van der Waals surface area (Å²) in [7, 11) is 0. The van der Waals surface area contributed by atoms with Crippen molar-refractivity contribution in [2.45, 2.75) is 64.8 Å². The maximum atomic E-state index is 11.4. The molecule has 1 aliphatic carbocycles. The third kappa shape index (κ3) is 5.41. The summed E-state index contributed by atoms with van der Waals surface area (Å²) in [5, 5.41) is 12.6. The molecule has 1 fully saturated rings. The Kier molecular flexibility index (Phi) is 7.52. The topological polar surface area (TPSA) is 52.6 Å². The molecule has 1 unspecified atom stereocenters. The zero-order valence-electron chi connectivity index (χ0n) is 13.5. The molecule has 20 heavy (non-hydrogen) atoms. The Morgan fingerprint density at radius 3 is 2.55 bits per heavy atom. The molecule has 1 rings (SSSR count). The van der Waals surface area contributed by atoms with Gasteiger partial charge in [-0.2, -0.15) is 0 Å². The van der Waals surface area contributed by atoms with Crippen LogP contribution in [0.15, 0.2) is 0 Å². The van der Waals surface area contributed by atoms with E-state index < -0.39 is 11.5 Å². The van der Waals surface area contributed by atoms with Crippen LogP contribution >= 0.6 is 0 Å². The zero-order valence-corrected chi connectivity index (χ0v) is 13.5. The van der Waals surface area contributed by atoms with Crippen LogP contribution in [0, 0.1) is 5.92 Å². The first-order chi connectivity index (χ1) is 9.51. The second-order valence-electron chi connectivity index (χ2n) is 6.36. The highest BCUT2D eigenvalue weighted by molar-refractivity contribution is 5.78. The van der Waals surface area contributed by atoms with Crippen molar-refractivity contribution in [1.82, 2.24) is 10.2 Å². The molecule has 0 amide bonds. The summed E-state index contributed by atoms with van der Waals surface area (Å²) >= 11 is 0. The highest BCUT2D eigenvalue weighted by atomic mass is 16.4. The molecule has 0 spiro atoms. The molecule has 4 nitrogen and oxygen atoms in total. The fourth-order valence-electron chi connectivity index (χ4n) is 2.75. The monoisotopic (exact) mass is 284 g/mol. The average Bonchev–Trinajstić information content (AvgIpc) is 2.38. The van der Waals surface area contributed by atoms with Crippen molar-refractivity contribution in [2.24, 2.45) is 5.92 Å². The van der Waals surface area contributed by atoms with Crippen LogP contribution in [0.2, 0.25) is 0 Å². The van der Waals surface area contributed by atoms with Crippen LogP contribution in [0.4, 0.5) is 0 Å². The molecule has 0 aromatic heterocycles. The number of carbonyl (C=O) groups is 1. The van der Waals surface area contributed by atoms with Gasteiger partial charge in [0.25, 0.3) is 0 Å². The van der Waals surface area contributed by atoms with Crippen molar-refractivity contribution in [1.29, 1.82) is 0 Å². The van der Waals surface area contributed by atoms with Gasteiger partial charge in [0.2, 0.25) is 0 Å². The second kappa shape index (κ2) is 8.63. The lowest BCUT2D eigenvalue weighted by Gasteiger charge is -2.33. The average molecular weight is 284 g/mol. The lowest BCUT2D eigenvalue weighted by Crippen LogP contribution is -2.50. The van der Waals surface area contributed by atoms with E-state index in [0.29, 0.717) is 6.42 Å². The quantitative estimate of drug-likeness (QED) is 0.612. The fourth-order valence-corrected chi connectivity index (χ4v) is 2.75. The van der Waals surface area contributed by atoms with E-state index in [1.807, 2.05) is 6.92 Å². The predicted octanol–water partition coefficient (Wildman–Crippen LogP) is 2.73. The molecule has 1 saturated carbocycles. The standard InChI is InChI=1S/C16H32N2O2/c1-4-11-17-16(3,15(19)20)10-7-12-18(5-2)13-14-8-6-9-14/h14,17H,4-13H2,1-3H3,(H,19,20). The Bertz CT molecular complexity index is 292. The Labute approximate surface area is 123 Å². The minimum absolute atomic E-state index is 0.698. The number of aliphatic carboxylic acids is 1. The normalized spacial score (nSPS) is 18.8. The van der Waals surface area contributed by atoms with Gasteiger partial charge in [0.05, 0.1) is 0 Å². The van der Waals surface area contributed by atoms with Crippen LogP contribution in [0.25, 0.3) is 0 Å². The lowest BCUT2D eigenvalue weighted by atomic mass is 9.85. The molecule has 2 N–H and O–H groups in total. The van der Waals surface area contributed by atoms with Gasteiger partial charge in [0, 0.05) is 6.54 Å². The molecule has 0 aromatic rings. The van der Waals surface area contributed by atoms with Gasteiger partial charge in [-0.15, -0.1) is 0 Å². The molecular weight excluding hydrogens is 252 g/mol. The highest BCUT2D eigenvalue weighted by Gasteiger charge is 2.31. The van der Waals surface area contributed by atoms with Crippen molar-refractivity contribution < 1.29 is 9.90 Å². The zero-order chi connectivity index (χ0) is 15.0. The van der Waals surface area contributed by atoms with Crippen molar-refractivity contribution in [3.63, 3.8) is 0 Å². The van der Waals surface area contributed by atoms with Gasteiger partial charge in [0.1, 0.15) is 5.54 Å². The van der Waals surface area contributed by atoms with Gasteiger partial charge in [-0.1, -0.05) is 20.3 Å². The largest absolute Gasteiger partial charge is 0.480 e. The van der Waals surface area contributed by atoms with Crippen LogP contribution in [-0.2, 0) is 4.79 Å². The highest BCUT2D eigenvalue weighted by Crippen LogP contribution is 2.27. The Morgan fingerprint density at radius 2 is 2.10 bits per heavy atom. The minimum atomic E-state index is -0.772. The summed E-state index contributed by atoms with van der Waals surface area (Å²) < 4.78 is 0. The van der Waals surface area contributed by atoms with Crippen LogP contribution in [0.1, 0.15) is 59.3 Å². The molecule has 0 aromatic carbocycles. The van der Waals surface area contributed by atoms with E-state index in [9.17, 15) is 9.90 Å². The van der Waals surface area contributed by atoms with E-state index in [1.54, 1.807) is 0 Å². The van der Waals surface area contributed by atoms with Crippen molar-refractivity contribution in [3.05, 3.63) is 0 Å². The van der Waals surface area contributed by atoms with E-state index >= 15 is 0 Å². The summed E-state index contributed by atoms with van der Waals surface area (Å²) in [6.07, 6.45) is 6.75. The van der Waals surface area contributed by atoms with Crippen molar-refractivity contribution in [3.8, 4) is 0 Å². The molecule has 0 heterocycles. The minimum Gasteiger partial charge on any atom is -0.480 e. The number of hydrogen-bond acceptors (Lipinski definition) is 3. The van der Waals surface area contributed by atoms with Gasteiger partial charge >= 0.3 is 5.97 Å². The van der Waals surface area contributed by atoms with E-state index in [2.05, 4.69) is 24.1 Å². The van der Waals surface area contributed by atoms with Gasteiger partial charge in [-0.25, -0.2) is 0 Å². The maximum Gasteiger partial charge on any atom is 0.323 e. The summed E-state index contributed by atoms with van der Waals surface area (Å²) in [6, 6.07) is 0. The molecule has 0 aliphatic heterocycles. The summed E-state index contributed by atoms with van der Waals surface area (Å²) in [6.45, 7) is 10.1. The van der Waals surface area contributed by atoms with Crippen molar-refractivity contribution >= 4 is 5.97 Å². The van der Waals surface area contributed by atoms with Crippen LogP contribution in [0.5, 0.6) is 0 Å². The number of nitrogens with one attached hydrogen (secondary N) is 1. The van der Waals surface area contributed by atoms with Gasteiger partial charge in [0.15, 0.2) is 0 Å².